The Kier molecular flexibility index (Phi) is 7.75. The summed E-state index contributed by atoms with van der Waals surface area (Å²) in [5, 5.41) is 6.00. The van der Waals surface area contributed by atoms with Crippen LogP contribution >= 0.6 is 15.9 Å². The Labute approximate surface area is 135 Å². The van der Waals surface area contributed by atoms with Gasteiger partial charge in [-0.1, -0.05) is 29.8 Å². The molecule has 0 aliphatic heterocycles. The van der Waals surface area contributed by atoms with Crippen LogP contribution in [0.4, 0.5) is 0 Å². The summed E-state index contributed by atoms with van der Waals surface area (Å²) < 4.78 is 6.74. The SMILES string of the molecule is CNCc1cc(OC(C)C(=O)NCCC(C)C)ccc1Br. The fourth-order valence-electron chi connectivity index (χ4n) is 1.84. The summed E-state index contributed by atoms with van der Waals surface area (Å²) in [5.41, 5.74) is 1.10. The van der Waals surface area contributed by atoms with Gasteiger partial charge in [0.2, 0.25) is 0 Å². The Morgan fingerprint density at radius 2 is 2.05 bits per heavy atom. The number of nitrogens with one attached hydrogen (secondary N) is 2. The predicted molar refractivity (Wildman–Crippen MR) is 89.5 cm³/mol. The molecule has 0 saturated heterocycles. The number of carbonyl (C=O) groups excluding carboxylic acids is 1. The van der Waals surface area contributed by atoms with Gasteiger partial charge in [0, 0.05) is 17.6 Å². The highest BCUT2D eigenvalue weighted by Gasteiger charge is 2.14. The van der Waals surface area contributed by atoms with Gasteiger partial charge in [-0.2, -0.15) is 0 Å². The molecule has 0 aromatic heterocycles. The first-order valence-corrected chi connectivity index (χ1v) is 8.10. The van der Waals surface area contributed by atoms with Crippen molar-refractivity contribution in [3.05, 3.63) is 28.2 Å². The van der Waals surface area contributed by atoms with Gasteiger partial charge in [-0.3, -0.25) is 4.79 Å². The standard InChI is InChI=1S/C16H25BrN2O2/c1-11(2)7-8-19-16(20)12(3)21-14-5-6-15(17)13(9-14)10-18-4/h5-6,9,11-12,18H,7-8,10H2,1-4H3,(H,19,20). The fraction of sp³-hybridized carbons (Fsp3) is 0.562. The molecule has 0 spiro atoms. The van der Waals surface area contributed by atoms with Crippen molar-refractivity contribution in [3.63, 3.8) is 0 Å². The molecule has 1 aromatic carbocycles. The zero-order valence-corrected chi connectivity index (χ0v) is 14.8. The Balaban J connectivity index is 2.55. The molecule has 0 aliphatic rings. The zero-order valence-electron chi connectivity index (χ0n) is 13.2. The Morgan fingerprint density at radius 1 is 1.33 bits per heavy atom. The third kappa shape index (κ3) is 6.48. The number of amides is 1. The van der Waals surface area contributed by atoms with Crippen molar-refractivity contribution in [2.75, 3.05) is 13.6 Å². The Morgan fingerprint density at radius 3 is 2.67 bits per heavy atom. The molecule has 1 rings (SSSR count). The van der Waals surface area contributed by atoms with E-state index in [1.807, 2.05) is 25.2 Å². The number of hydrogen-bond acceptors (Lipinski definition) is 3. The minimum atomic E-state index is -0.499. The topological polar surface area (TPSA) is 50.4 Å². The van der Waals surface area contributed by atoms with Crippen LogP contribution in [0.3, 0.4) is 0 Å². The highest BCUT2D eigenvalue weighted by atomic mass is 79.9. The predicted octanol–water partition coefficient (Wildman–Crippen LogP) is 3.10. The van der Waals surface area contributed by atoms with Gasteiger partial charge in [0.05, 0.1) is 0 Å². The molecule has 0 radical (unpaired) electrons. The molecule has 1 unspecified atom stereocenters. The van der Waals surface area contributed by atoms with Gasteiger partial charge >= 0.3 is 0 Å². The second-order valence-electron chi connectivity index (χ2n) is 5.52. The third-order valence-corrected chi connectivity index (χ3v) is 3.86. The van der Waals surface area contributed by atoms with Gasteiger partial charge in [0.15, 0.2) is 6.10 Å². The van der Waals surface area contributed by atoms with Crippen molar-refractivity contribution in [2.24, 2.45) is 5.92 Å². The van der Waals surface area contributed by atoms with Crippen molar-refractivity contribution < 1.29 is 9.53 Å². The van der Waals surface area contributed by atoms with E-state index in [9.17, 15) is 4.79 Å². The summed E-state index contributed by atoms with van der Waals surface area (Å²) in [4.78, 5) is 11.9. The van der Waals surface area contributed by atoms with E-state index in [0.29, 0.717) is 18.2 Å². The molecule has 1 atom stereocenters. The lowest BCUT2D eigenvalue weighted by Gasteiger charge is -2.16. The van der Waals surface area contributed by atoms with Crippen LogP contribution in [0.25, 0.3) is 0 Å². The fourth-order valence-corrected chi connectivity index (χ4v) is 2.22. The molecule has 0 heterocycles. The summed E-state index contributed by atoms with van der Waals surface area (Å²) >= 11 is 3.50. The van der Waals surface area contributed by atoms with Gasteiger partial charge < -0.3 is 15.4 Å². The van der Waals surface area contributed by atoms with Crippen LogP contribution in [0.1, 0.15) is 32.8 Å². The Bertz CT molecular complexity index is 464. The molecule has 0 saturated carbocycles. The van der Waals surface area contributed by atoms with E-state index in [0.717, 1.165) is 23.0 Å². The second-order valence-corrected chi connectivity index (χ2v) is 6.37. The molecule has 2 N–H and O–H groups in total. The summed E-state index contributed by atoms with van der Waals surface area (Å²) in [6.45, 7) is 7.47. The van der Waals surface area contributed by atoms with Gasteiger partial charge in [0.1, 0.15) is 5.75 Å². The molecule has 1 amide bonds. The van der Waals surface area contributed by atoms with Crippen LogP contribution in [-0.4, -0.2) is 25.6 Å². The van der Waals surface area contributed by atoms with Gasteiger partial charge in [-0.15, -0.1) is 0 Å². The minimum absolute atomic E-state index is 0.0752. The molecule has 0 fully saturated rings. The van der Waals surface area contributed by atoms with Crippen molar-refractivity contribution in [1.29, 1.82) is 0 Å². The van der Waals surface area contributed by atoms with E-state index in [4.69, 9.17) is 4.74 Å². The lowest BCUT2D eigenvalue weighted by Crippen LogP contribution is -2.37. The van der Waals surface area contributed by atoms with E-state index in [2.05, 4.69) is 40.4 Å². The van der Waals surface area contributed by atoms with E-state index in [1.165, 1.54) is 0 Å². The number of rotatable bonds is 8. The molecular weight excluding hydrogens is 332 g/mol. The van der Waals surface area contributed by atoms with Crippen LogP contribution in [0, 0.1) is 5.92 Å². The maximum Gasteiger partial charge on any atom is 0.260 e. The average molecular weight is 357 g/mol. The first-order chi connectivity index (χ1) is 9.93. The summed E-state index contributed by atoms with van der Waals surface area (Å²) in [7, 11) is 1.89. The van der Waals surface area contributed by atoms with Gasteiger partial charge in [0.25, 0.3) is 5.91 Å². The minimum Gasteiger partial charge on any atom is -0.481 e. The second kappa shape index (κ2) is 9.05. The molecule has 4 nitrogen and oxygen atoms in total. The molecule has 0 bridgehead atoms. The molecule has 1 aromatic rings. The van der Waals surface area contributed by atoms with Crippen LogP contribution in [0.2, 0.25) is 0 Å². The third-order valence-electron chi connectivity index (χ3n) is 3.09. The maximum atomic E-state index is 11.9. The van der Waals surface area contributed by atoms with Gasteiger partial charge in [-0.25, -0.2) is 0 Å². The highest BCUT2D eigenvalue weighted by molar-refractivity contribution is 9.10. The highest BCUT2D eigenvalue weighted by Crippen LogP contribution is 2.23. The van der Waals surface area contributed by atoms with Crippen molar-refractivity contribution in [1.82, 2.24) is 10.6 Å². The number of halogens is 1. The van der Waals surface area contributed by atoms with Gasteiger partial charge in [-0.05, 0) is 50.1 Å². The Hall–Kier alpha value is -1.07. The summed E-state index contributed by atoms with van der Waals surface area (Å²) in [6, 6.07) is 5.74. The molecule has 21 heavy (non-hydrogen) atoms. The zero-order chi connectivity index (χ0) is 15.8. The summed E-state index contributed by atoms with van der Waals surface area (Å²) in [5.74, 6) is 1.21. The van der Waals surface area contributed by atoms with Crippen molar-refractivity contribution in [3.8, 4) is 5.75 Å². The molecular formula is C16H25BrN2O2. The van der Waals surface area contributed by atoms with Crippen LogP contribution in [-0.2, 0) is 11.3 Å². The largest absolute Gasteiger partial charge is 0.481 e. The van der Waals surface area contributed by atoms with Crippen LogP contribution in [0.15, 0.2) is 22.7 Å². The first kappa shape index (κ1) is 18.0. The molecule has 118 valence electrons. The normalized spacial score (nSPS) is 12.3. The van der Waals surface area contributed by atoms with Crippen molar-refractivity contribution in [2.45, 2.75) is 39.8 Å². The number of hydrogen-bond donors (Lipinski definition) is 2. The van der Waals surface area contributed by atoms with Crippen molar-refractivity contribution >= 4 is 21.8 Å². The van der Waals surface area contributed by atoms with Crippen LogP contribution < -0.4 is 15.4 Å². The smallest absolute Gasteiger partial charge is 0.260 e. The quantitative estimate of drug-likeness (QED) is 0.752. The van der Waals surface area contributed by atoms with E-state index >= 15 is 0 Å². The molecule has 0 aliphatic carbocycles. The maximum absolute atomic E-state index is 11.9. The number of ether oxygens (including phenoxy) is 1. The van der Waals surface area contributed by atoms with Crippen LogP contribution in [0.5, 0.6) is 5.75 Å². The lowest BCUT2D eigenvalue weighted by molar-refractivity contribution is -0.127. The monoisotopic (exact) mass is 356 g/mol. The lowest BCUT2D eigenvalue weighted by atomic mass is 10.1. The summed E-state index contributed by atoms with van der Waals surface area (Å²) in [6.07, 6.45) is 0.476. The average Bonchev–Trinajstić information content (AvgIpc) is 2.42. The van der Waals surface area contributed by atoms with E-state index in [1.54, 1.807) is 6.92 Å². The number of benzene rings is 1. The molecule has 5 heteroatoms. The van der Waals surface area contributed by atoms with E-state index in [-0.39, 0.29) is 5.91 Å². The number of carbonyl (C=O) groups is 1. The first-order valence-electron chi connectivity index (χ1n) is 7.31. The van der Waals surface area contributed by atoms with E-state index < -0.39 is 6.10 Å².